The topological polar surface area (TPSA) is 54.5 Å². The Balaban J connectivity index is 1.67. The van der Waals surface area contributed by atoms with Crippen molar-refractivity contribution in [2.45, 2.75) is 49.1 Å². The van der Waals surface area contributed by atoms with E-state index in [1.165, 1.54) is 11.8 Å². The summed E-state index contributed by atoms with van der Waals surface area (Å²) < 4.78 is 23.7. The molecule has 1 aliphatic heterocycles. The SMILES string of the molecule is O=C(CSc1ccc(Cl)cc1)N(C1CCCC1)C1CCS(=O)(=O)C1. The average molecular weight is 388 g/mol. The van der Waals surface area contributed by atoms with E-state index < -0.39 is 9.84 Å². The summed E-state index contributed by atoms with van der Waals surface area (Å²) in [4.78, 5) is 15.8. The summed E-state index contributed by atoms with van der Waals surface area (Å²) in [5.74, 6) is 0.734. The van der Waals surface area contributed by atoms with Crippen LogP contribution in [-0.4, -0.2) is 48.6 Å². The third-order valence-electron chi connectivity index (χ3n) is 4.78. The van der Waals surface area contributed by atoms with Crippen LogP contribution < -0.4 is 0 Å². The molecule has 1 heterocycles. The Morgan fingerprint density at radius 2 is 1.79 bits per heavy atom. The zero-order valence-electron chi connectivity index (χ0n) is 13.5. The molecule has 1 saturated heterocycles. The number of hydrogen-bond donors (Lipinski definition) is 0. The van der Waals surface area contributed by atoms with Gasteiger partial charge in [0, 0.05) is 22.0 Å². The zero-order chi connectivity index (χ0) is 17.2. The molecule has 2 aliphatic rings. The third-order valence-corrected chi connectivity index (χ3v) is 7.78. The van der Waals surface area contributed by atoms with Gasteiger partial charge in [-0.25, -0.2) is 8.42 Å². The number of sulfone groups is 1. The minimum Gasteiger partial charge on any atom is -0.335 e. The van der Waals surface area contributed by atoms with Crippen LogP contribution in [0.3, 0.4) is 0 Å². The van der Waals surface area contributed by atoms with E-state index in [2.05, 4.69) is 0 Å². The van der Waals surface area contributed by atoms with Gasteiger partial charge < -0.3 is 4.90 Å². The number of halogens is 1. The second kappa shape index (κ2) is 7.67. The van der Waals surface area contributed by atoms with Gasteiger partial charge >= 0.3 is 0 Å². The van der Waals surface area contributed by atoms with Crippen LogP contribution in [0.25, 0.3) is 0 Å². The van der Waals surface area contributed by atoms with Crippen molar-refractivity contribution in [2.24, 2.45) is 0 Å². The predicted octanol–water partition coefficient (Wildman–Crippen LogP) is 3.39. The average Bonchev–Trinajstić information content (AvgIpc) is 3.17. The molecule has 0 spiro atoms. The number of thioether (sulfide) groups is 1. The maximum Gasteiger partial charge on any atom is 0.233 e. The fraction of sp³-hybridized carbons (Fsp3) is 0.588. The van der Waals surface area contributed by atoms with Crippen LogP contribution in [0.1, 0.15) is 32.1 Å². The van der Waals surface area contributed by atoms with Gasteiger partial charge in [-0.3, -0.25) is 4.79 Å². The van der Waals surface area contributed by atoms with E-state index in [1.807, 2.05) is 29.2 Å². The van der Waals surface area contributed by atoms with Crippen molar-refractivity contribution in [2.75, 3.05) is 17.3 Å². The molecule has 1 atom stereocenters. The van der Waals surface area contributed by atoms with Gasteiger partial charge in [-0.1, -0.05) is 24.4 Å². The number of rotatable bonds is 5. The summed E-state index contributed by atoms with van der Waals surface area (Å²) >= 11 is 7.37. The maximum absolute atomic E-state index is 12.9. The smallest absolute Gasteiger partial charge is 0.233 e. The van der Waals surface area contributed by atoms with Crippen LogP contribution in [0.15, 0.2) is 29.2 Å². The standard InChI is InChI=1S/C17H22ClNO3S2/c18-13-5-7-16(8-6-13)23-11-17(20)19(14-3-1-2-4-14)15-9-10-24(21,22)12-15/h5-8,14-15H,1-4,9-12H2. The van der Waals surface area contributed by atoms with Crippen molar-refractivity contribution in [3.63, 3.8) is 0 Å². The number of hydrogen-bond acceptors (Lipinski definition) is 4. The highest BCUT2D eigenvalue weighted by molar-refractivity contribution is 8.00. The molecule has 1 aromatic carbocycles. The molecule has 1 saturated carbocycles. The first kappa shape index (κ1) is 18.1. The van der Waals surface area contributed by atoms with Crippen molar-refractivity contribution >= 4 is 39.1 Å². The Hall–Kier alpha value is -0.720. The molecule has 4 nitrogen and oxygen atoms in total. The van der Waals surface area contributed by atoms with Gasteiger partial charge in [-0.2, -0.15) is 0 Å². The summed E-state index contributed by atoms with van der Waals surface area (Å²) in [5, 5.41) is 0.675. The summed E-state index contributed by atoms with van der Waals surface area (Å²) in [6, 6.07) is 7.50. The predicted molar refractivity (Wildman–Crippen MR) is 98.3 cm³/mol. The van der Waals surface area contributed by atoms with Gasteiger partial charge in [-0.05, 0) is 43.5 Å². The van der Waals surface area contributed by atoms with Gasteiger partial charge in [0.1, 0.15) is 0 Å². The molecule has 0 radical (unpaired) electrons. The summed E-state index contributed by atoms with van der Waals surface area (Å²) in [5.41, 5.74) is 0. The van der Waals surface area contributed by atoms with Crippen LogP contribution in [0, 0.1) is 0 Å². The Morgan fingerprint density at radius 1 is 1.12 bits per heavy atom. The molecular formula is C17H22ClNO3S2. The highest BCUT2D eigenvalue weighted by Crippen LogP contribution is 2.30. The molecule has 0 bridgehead atoms. The molecule has 0 aromatic heterocycles. The first-order valence-electron chi connectivity index (χ1n) is 8.34. The van der Waals surface area contributed by atoms with Crippen molar-refractivity contribution in [1.29, 1.82) is 0 Å². The highest BCUT2D eigenvalue weighted by Gasteiger charge is 2.38. The summed E-state index contributed by atoms with van der Waals surface area (Å²) in [7, 11) is -2.99. The first-order chi connectivity index (χ1) is 11.4. The lowest BCUT2D eigenvalue weighted by molar-refractivity contribution is -0.132. The van der Waals surface area contributed by atoms with E-state index in [-0.39, 0.29) is 29.5 Å². The van der Waals surface area contributed by atoms with Crippen molar-refractivity contribution in [1.82, 2.24) is 4.90 Å². The van der Waals surface area contributed by atoms with Gasteiger partial charge in [0.25, 0.3) is 0 Å². The van der Waals surface area contributed by atoms with Gasteiger partial charge in [0.2, 0.25) is 5.91 Å². The molecule has 7 heteroatoms. The van der Waals surface area contributed by atoms with Gasteiger partial charge in [0.05, 0.1) is 17.3 Å². The van der Waals surface area contributed by atoms with Crippen LogP contribution in [0.4, 0.5) is 0 Å². The molecule has 24 heavy (non-hydrogen) atoms. The van der Waals surface area contributed by atoms with E-state index in [0.717, 1.165) is 30.6 Å². The second-order valence-corrected chi connectivity index (χ2v) is 10.3. The molecule has 3 rings (SSSR count). The molecule has 0 N–H and O–H groups in total. The number of amides is 1. The quantitative estimate of drug-likeness (QED) is 0.726. The van der Waals surface area contributed by atoms with E-state index in [1.54, 1.807) is 0 Å². The van der Waals surface area contributed by atoms with Crippen LogP contribution in [0.5, 0.6) is 0 Å². The lowest BCUT2D eigenvalue weighted by Gasteiger charge is -2.34. The van der Waals surface area contributed by atoms with Crippen molar-refractivity contribution in [3.05, 3.63) is 29.3 Å². The van der Waals surface area contributed by atoms with E-state index in [4.69, 9.17) is 11.6 Å². The monoisotopic (exact) mass is 387 g/mol. The third kappa shape index (κ3) is 4.46. The minimum atomic E-state index is -2.99. The Labute approximate surface area is 152 Å². The van der Waals surface area contributed by atoms with Crippen LogP contribution in [0.2, 0.25) is 5.02 Å². The normalized spacial score (nSPS) is 23.5. The number of carbonyl (C=O) groups excluding carboxylic acids is 1. The Bertz CT molecular complexity index is 684. The fourth-order valence-electron chi connectivity index (χ4n) is 3.63. The summed E-state index contributed by atoms with van der Waals surface area (Å²) in [6.07, 6.45) is 4.81. The molecule has 1 aliphatic carbocycles. The van der Waals surface area contributed by atoms with E-state index in [9.17, 15) is 13.2 Å². The first-order valence-corrected chi connectivity index (χ1v) is 11.5. The van der Waals surface area contributed by atoms with Crippen molar-refractivity contribution < 1.29 is 13.2 Å². The number of nitrogens with zero attached hydrogens (tertiary/aromatic N) is 1. The lowest BCUT2D eigenvalue weighted by Crippen LogP contribution is -2.47. The maximum atomic E-state index is 12.9. The lowest BCUT2D eigenvalue weighted by atomic mass is 10.1. The molecule has 2 fully saturated rings. The molecule has 1 unspecified atom stereocenters. The Morgan fingerprint density at radius 3 is 2.38 bits per heavy atom. The molecule has 1 amide bonds. The van der Waals surface area contributed by atoms with E-state index >= 15 is 0 Å². The van der Waals surface area contributed by atoms with Crippen LogP contribution >= 0.6 is 23.4 Å². The van der Waals surface area contributed by atoms with E-state index in [0.29, 0.717) is 17.2 Å². The van der Waals surface area contributed by atoms with Gasteiger partial charge in [-0.15, -0.1) is 11.8 Å². The molecule has 1 aromatic rings. The fourth-order valence-corrected chi connectivity index (χ4v) is 6.24. The molecular weight excluding hydrogens is 366 g/mol. The second-order valence-electron chi connectivity index (χ2n) is 6.54. The summed E-state index contributed by atoms with van der Waals surface area (Å²) in [6.45, 7) is 0. The van der Waals surface area contributed by atoms with Gasteiger partial charge in [0.15, 0.2) is 9.84 Å². The highest BCUT2D eigenvalue weighted by atomic mass is 35.5. The number of benzene rings is 1. The number of carbonyl (C=O) groups is 1. The Kier molecular flexibility index (Phi) is 5.78. The van der Waals surface area contributed by atoms with Crippen LogP contribution in [-0.2, 0) is 14.6 Å². The zero-order valence-corrected chi connectivity index (χ0v) is 15.9. The minimum absolute atomic E-state index is 0.0592. The molecule has 132 valence electrons. The van der Waals surface area contributed by atoms with Crippen molar-refractivity contribution in [3.8, 4) is 0 Å². The largest absolute Gasteiger partial charge is 0.335 e.